The Balaban J connectivity index is 3.02. The van der Waals surface area contributed by atoms with Gasteiger partial charge in [-0.25, -0.2) is 0 Å². The Kier molecular flexibility index (Phi) is 3.41. The van der Waals surface area contributed by atoms with Gasteiger partial charge in [0, 0.05) is 14.2 Å². The number of methoxy groups -OCH3 is 1. The standard InChI is InChI=1S/C10H16N2O2/c1-7(2)8-5-9(12(3)11-8)10(6-13)14-4/h5-7,10H,1-4H3. The lowest BCUT2D eigenvalue weighted by molar-refractivity contribution is -0.117. The highest BCUT2D eigenvalue weighted by Crippen LogP contribution is 2.19. The van der Waals surface area contributed by atoms with Crippen LogP contribution in [0, 0.1) is 0 Å². The van der Waals surface area contributed by atoms with Gasteiger partial charge < -0.3 is 9.53 Å². The van der Waals surface area contributed by atoms with Crippen molar-refractivity contribution in [1.82, 2.24) is 9.78 Å². The van der Waals surface area contributed by atoms with Crippen LogP contribution in [0.4, 0.5) is 0 Å². The van der Waals surface area contributed by atoms with Crippen LogP contribution in [-0.4, -0.2) is 23.2 Å². The van der Waals surface area contributed by atoms with E-state index in [1.807, 2.05) is 13.1 Å². The Morgan fingerprint density at radius 3 is 2.57 bits per heavy atom. The maximum absolute atomic E-state index is 10.7. The highest BCUT2D eigenvalue weighted by Gasteiger charge is 2.16. The molecule has 0 spiro atoms. The first-order valence-corrected chi connectivity index (χ1v) is 4.62. The van der Waals surface area contributed by atoms with Gasteiger partial charge in [0.2, 0.25) is 0 Å². The molecule has 14 heavy (non-hydrogen) atoms. The first-order chi connectivity index (χ1) is 6.60. The van der Waals surface area contributed by atoms with Crippen molar-refractivity contribution in [2.75, 3.05) is 7.11 Å². The van der Waals surface area contributed by atoms with Crippen LogP contribution in [0.15, 0.2) is 6.07 Å². The van der Waals surface area contributed by atoms with Crippen LogP contribution in [-0.2, 0) is 16.6 Å². The largest absolute Gasteiger partial charge is 0.368 e. The number of carbonyl (C=O) groups is 1. The van der Waals surface area contributed by atoms with Crippen molar-refractivity contribution in [1.29, 1.82) is 0 Å². The summed E-state index contributed by atoms with van der Waals surface area (Å²) in [7, 11) is 3.33. The summed E-state index contributed by atoms with van der Waals surface area (Å²) in [6.45, 7) is 4.13. The summed E-state index contributed by atoms with van der Waals surface area (Å²) in [4.78, 5) is 10.7. The number of rotatable bonds is 4. The number of hydrogen-bond acceptors (Lipinski definition) is 3. The minimum Gasteiger partial charge on any atom is -0.368 e. The van der Waals surface area contributed by atoms with Crippen LogP contribution in [0.3, 0.4) is 0 Å². The second-order valence-electron chi connectivity index (χ2n) is 3.56. The lowest BCUT2D eigenvalue weighted by Gasteiger charge is -2.07. The van der Waals surface area contributed by atoms with Gasteiger partial charge in [-0.2, -0.15) is 5.10 Å². The molecule has 1 rings (SSSR count). The van der Waals surface area contributed by atoms with Gasteiger partial charge in [-0.1, -0.05) is 13.8 Å². The summed E-state index contributed by atoms with van der Waals surface area (Å²) in [5, 5.41) is 4.30. The number of hydrogen-bond donors (Lipinski definition) is 0. The van der Waals surface area contributed by atoms with Gasteiger partial charge in [-0.3, -0.25) is 4.68 Å². The molecule has 4 nitrogen and oxygen atoms in total. The van der Waals surface area contributed by atoms with E-state index in [1.165, 1.54) is 7.11 Å². The zero-order chi connectivity index (χ0) is 10.7. The molecule has 1 aromatic heterocycles. The molecule has 0 aliphatic rings. The molecule has 4 heteroatoms. The van der Waals surface area contributed by atoms with E-state index in [2.05, 4.69) is 18.9 Å². The quantitative estimate of drug-likeness (QED) is 0.684. The molecule has 0 saturated carbocycles. The fourth-order valence-electron chi connectivity index (χ4n) is 1.30. The molecule has 1 unspecified atom stereocenters. The van der Waals surface area contributed by atoms with Crippen LogP contribution < -0.4 is 0 Å². The van der Waals surface area contributed by atoms with Crippen LogP contribution in [0.5, 0.6) is 0 Å². The molecule has 0 aromatic carbocycles. The number of carbonyl (C=O) groups excluding carboxylic acids is 1. The maximum Gasteiger partial charge on any atom is 0.154 e. The normalized spacial score (nSPS) is 13.2. The molecular formula is C10H16N2O2. The fourth-order valence-corrected chi connectivity index (χ4v) is 1.30. The molecule has 0 amide bonds. The van der Waals surface area contributed by atoms with E-state index < -0.39 is 6.10 Å². The molecule has 0 N–H and O–H groups in total. The van der Waals surface area contributed by atoms with E-state index in [1.54, 1.807) is 4.68 Å². The predicted molar refractivity (Wildman–Crippen MR) is 53.1 cm³/mol. The number of aryl methyl sites for hydroxylation is 1. The third-order valence-corrected chi connectivity index (χ3v) is 2.20. The molecule has 78 valence electrons. The summed E-state index contributed by atoms with van der Waals surface area (Å²) >= 11 is 0. The second-order valence-corrected chi connectivity index (χ2v) is 3.56. The van der Waals surface area contributed by atoms with E-state index in [0.29, 0.717) is 5.92 Å². The van der Waals surface area contributed by atoms with Gasteiger partial charge in [0.05, 0.1) is 11.4 Å². The number of aromatic nitrogens is 2. The maximum atomic E-state index is 10.7. The molecule has 0 aliphatic carbocycles. The van der Waals surface area contributed by atoms with Crippen molar-refractivity contribution < 1.29 is 9.53 Å². The molecule has 1 atom stereocenters. The molecule has 0 saturated heterocycles. The van der Waals surface area contributed by atoms with E-state index in [9.17, 15) is 4.79 Å². The van der Waals surface area contributed by atoms with Crippen molar-refractivity contribution in [3.05, 3.63) is 17.5 Å². The van der Waals surface area contributed by atoms with Crippen molar-refractivity contribution >= 4 is 6.29 Å². The van der Waals surface area contributed by atoms with Gasteiger partial charge in [0.1, 0.15) is 0 Å². The molecule has 1 aromatic rings. The summed E-state index contributed by atoms with van der Waals surface area (Å²) in [5.74, 6) is 0.360. The highest BCUT2D eigenvalue weighted by atomic mass is 16.5. The smallest absolute Gasteiger partial charge is 0.154 e. The highest BCUT2D eigenvalue weighted by molar-refractivity contribution is 5.58. The number of ether oxygens (including phenoxy) is 1. The van der Waals surface area contributed by atoms with E-state index >= 15 is 0 Å². The van der Waals surface area contributed by atoms with E-state index in [0.717, 1.165) is 17.7 Å². The monoisotopic (exact) mass is 196 g/mol. The Morgan fingerprint density at radius 2 is 2.21 bits per heavy atom. The van der Waals surface area contributed by atoms with Crippen LogP contribution >= 0.6 is 0 Å². The van der Waals surface area contributed by atoms with Gasteiger partial charge in [0.25, 0.3) is 0 Å². The van der Waals surface area contributed by atoms with Crippen molar-refractivity contribution in [2.45, 2.75) is 25.9 Å². The van der Waals surface area contributed by atoms with Gasteiger partial charge in [-0.05, 0) is 12.0 Å². The lowest BCUT2D eigenvalue weighted by atomic mass is 10.1. The third kappa shape index (κ3) is 2.01. The van der Waals surface area contributed by atoms with E-state index in [4.69, 9.17) is 4.74 Å². The topological polar surface area (TPSA) is 44.1 Å². The molecule has 1 heterocycles. The molecule has 0 fully saturated rings. The van der Waals surface area contributed by atoms with Crippen molar-refractivity contribution in [2.24, 2.45) is 7.05 Å². The van der Waals surface area contributed by atoms with Gasteiger partial charge in [-0.15, -0.1) is 0 Å². The zero-order valence-electron chi connectivity index (χ0n) is 9.02. The average molecular weight is 196 g/mol. The minimum absolute atomic E-state index is 0.360. The molecule has 0 radical (unpaired) electrons. The third-order valence-electron chi connectivity index (χ3n) is 2.20. The fraction of sp³-hybridized carbons (Fsp3) is 0.600. The number of aldehydes is 1. The lowest BCUT2D eigenvalue weighted by Crippen LogP contribution is -2.08. The van der Waals surface area contributed by atoms with Crippen LogP contribution in [0.25, 0.3) is 0 Å². The summed E-state index contributed by atoms with van der Waals surface area (Å²) in [5.41, 5.74) is 1.78. The number of nitrogens with zero attached hydrogens (tertiary/aromatic N) is 2. The van der Waals surface area contributed by atoms with Gasteiger partial charge >= 0.3 is 0 Å². The summed E-state index contributed by atoms with van der Waals surface area (Å²) < 4.78 is 6.72. The van der Waals surface area contributed by atoms with Gasteiger partial charge in [0.15, 0.2) is 12.4 Å². The summed E-state index contributed by atoms with van der Waals surface area (Å²) in [6.07, 6.45) is 0.265. The molecule has 0 aliphatic heterocycles. The van der Waals surface area contributed by atoms with Crippen LogP contribution in [0.2, 0.25) is 0 Å². The first kappa shape index (κ1) is 10.9. The molecular weight excluding hydrogens is 180 g/mol. The zero-order valence-corrected chi connectivity index (χ0v) is 9.02. The Labute approximate surface area is 83.9 Å². The predicted octanol–water partition coefficient (Wildman–Crippen LogP) is 1.43. The van der Waals surface area contributed by atoms with Crippen molar-refractivity contribution in [3.63, 3.8) is 0 Å². The Bertz CT molecular complexity index is 318. The summed E-state index contributed by atoms with van der Waals surface area (Å²) in [6, 6.07) is 1.91. The first-order valence-electron chi connectivity index (χ1n) is 4.62. The van der Waals surface area contributed by atoms with Crippen molar-refractivity contribution in [3.8, 4) is 0 Å². The average Bonchev–Trinajstić information content (AvgIpc) is 2.51. The Hall–Kier alpha value is -1.16. The van der Waals surface area contributed by atoms with E-state index in [-0.39, 0.29) is 0 Å². The SMILES string of the molecule is COC(C=O)c1cc(C(C)C)nn1C. The Morgan fingerprint density at radius 1 is 1.57 bits per heavy atom. The van der Waals surface area contributed by atoms with Crippen LogP contribution in [0.1, 0.15) is 37.3 Å². The minimum atomic E-state index is -0.514. The second kappa shape index (κ2) is 4.37. The molecule has 0 bridgehead atoms.